The van der Waals surface area contributed by atoms with Gasteiger partial charge in [0.05, 0.1) is 32.9 Å². The minimum Gasteiger partial charge on any atom is -0.493 e. The van der Waals surface area contributed by atoms with Gasteiger partial charge in [0.15, 0.2) is 11.5 Å². The van der Waals surface area contributed by atoms with Crippen molar-refractivity contribution in [2.45, 2.75) is 12.2 Å². The Hall–Kier alpha value is -1.99. The molecule has 2 amide bonds. The van der Waals surface area contributed by atoms with Crippen LogP contribution >= 0.6 is 0 Å². The topological polar surface area (TPSA) is 63.3 Å². The number of carbonyl (C=O) groups is 1. The number of carbonyl (C=O) groups excluding carboxylic acids is 1. The maximum Gasteiger partial charge on any atom is 0.317 e. The number of hydrogen-bond acceptors (Lipinski definition) is 5. The van der Waals surface area contributed by atoms with Crippen LogP contribution in [-0.2, 0) is 4.74 Å². The minimum absolute atomic E-state index is 0.00381. The van der Waals surface area contributed by atoms with E-state index in [1.807, 2.05) is 24.3 Å². The van der Waals surface area contributed by atoms with Crippen molar-refractivity contribution in [2.75, 3.05) is 53.5 Å². The molecule has 2 saturated heterocycles. The number of nitrogens with one attached hydrogen (secondary N) is 1. The lowest BCUT2D eigenvalue weighted by Gasteiger charge is -2.39. The number of para-hydroxylation sites is 2. The zero-order chi connectivity index (χ0) is 16.9. The zero-order valence-corrected chi connectivity index (χ0v) is 14.2. The lowest BCUT2D eigenvalue weighted by molar-refractivity contribution is -0.0185. The van der Waals surface area contributed by atoms with Gasteiger partial charge < -0.3 is 29.3 Å². The summed E-state index contributed by atoms with van der Waals surface area (Å²) >= 11 is 0. The van der Waals surface area contributed by atoms with Crippen molar-refractivity contribution in [1.29, 1.82) is 0 Å². The van der Waals surface area contributed by atoms with Crippen molar-refractivity contribution in [3.63, 3.8) is 0 Å². The standard InChI is InChI=1S/C17H25N3O4/c1-19-7-8-23-13(10-19)9-18-17(21)20-11-14(12-20)24-16-6-4-3-5-15(16)22-2/h3-6,13-14H,7-12H2,1-2H3,(H,18,21)/t13-/m1/s1. The van der Waals surface area contributed by atoms with E-state index in [9.17, 15) is 4.79 Å². The number of rotatable bonds is 5. The molecule has 2 heterocycles. The van der Waals surface area contributed by atoms with Gasteiger partial charge in [0.25, 0.3) is 0 Å². The van der Waals surface area contributed by atoms with Crippen LogP contribution in [0.25, 0.3) is 0 Å². The summed E-state index contributed by atoms with van der Waals surface area (Å²) in [5, 5.41) is 2.94. The van der Waals surface area contributed by atoms with E-state index in [0.717, 1.165) is 19.7 Å². The van der Waals surface area contributed by atoms with Crippen LogP contribution in [0.1, 0.15) is 0 Å². The monoisotopic (exact) mass is 335 g/mol. The largest absolute Gasteiger partial charge is 0.493 e. The van der Waals surface area contributed by atoms with Gasteiger partial charge in [-0.15, -0.1) is 0 Å². The molecule has 7 heteroatoms. The summed E-state index contributed by atoms with van der Waals surface area (Å²) in [6.45, 7) is 4.20. The molecule has 0 aromatic heterocycles. The van der Waals surface area contributed by atoms with E-state index in [0.29, 0.717) is 31.1 Å². The smallest absolute Gasteiger partial charge is 0.317 e. The Morgan fingerprint density at radius 1 is 1.29 bits per heavy atom. The molecule has 1 atom stereocenters. The number of likely N-dealkylation sites (tertiary alicyclic amines) is 1. The molecule has 0 aliphatic carbocycles. The molecule has 0 saturated carbocycles. The number of methoxy groups -OCH3 is 1. The first-order chi connectivity index (χ1) is 11.7. The van der Waals surface area contributed by atoms with Crippen LogP contribution in [0.3, 0.4) is 0 Å². The summed E-state index contributed by atoms with van der Waals surface area (Å²) in [4.78, 5) is 16.1. The molecular weight excluding hydrogens is 310 g/mol. The predicted molar refractivity (Wildman–Crippen MR) is 89.6 cm³/mol. The highest BCUT2D eigenvalue weighted by molar-refractivity contribution is 5.75. The van der Waals surface area contributed by atoms with Crippen LogP contribution in [0.5, 0.6) is 11.5 Å². The molecule has 1 aromatic carbocycles. The maximum atomic E-state index is 12.1. The number of hydrogen-bond donors (Lipinski definition) is 1. The third kappa shape index (κ3) is 4.10. The predicted octanol–water partition coefficient (Wildman–Crippen LogP) is 0.798. The average Bonchev–Trinajstić information content (AvgIpc) is 2.56. The SMILES string of the molecule is COc1ccccc1OC1CN(C(=O)NC[C@@H]2CN(C)CCO2)C1. The molecule has 24 heavy (non-hydrogen) atoms. The second kappa shape index (κ2) is 7.72. The highest BCUT2D eigenvalue weighted by atomic mass is 16.5. The highest BCUT2D eigenvalue weighted by Crippen LogP contribution is 2.28. The van der Waals surface area contributed by atoms with Crippen molar-refractivity contribution < 1.29 is 19.0 Å². The van der Waals surface area contributed by atoms with Gasteiger partial charge in [-0.2, -0.15) is 0 Å². The second-order valence-electron chi connectivity index (χ2n) is 6.24. The fourth-order valence-electron chi connectivity index (χ4n) is 2.88. The van der Waals surface area contributed by atoms with Crippen LogP contribution in [-0.4, -0.2) is 81.5 Å². The molecule has 0 bridgehead atoms. The molecular formula is C17H25N3O4. The third-order valence-corrected chi connectivity index (χ3v) is 4.32. The Labute approximate surface area is 142 Å². The Morgan fingerprint density at radius 3 is 2.75 bits per heavy atom. The number of ether oxygens (including phenoxy) is 3. The number of urea groups is 1. The fourth-order valence-corrected chi connectivity index (χ4v) is 2.88. The summed E-state index contributed by atoms with van der Waals surface area (Å²) in [6, 6.07) is 7.48. The fraction of sp³-hybridized carbons (Fsp3) is 0.588. The van der Waals surface area contributed by atoms with Crippen molar-refractivity contribution in [2.24, 2.45) is 0 Å². The van der Waals surface area contributed by atoms with Gasteiger partial charge in [-0.25, -0.2) is 4.79 Å². The van der Waals surface area contributed by atoms with E-state index < -0.39 is 0 Å². The molecule has 2 aliphatic heterocycles. The van der Waals surface area contributed by atoms with Gasteiger partial charge >= 0.3 is 6.03 Å². The molecule has 7 nitrogen and oxygen atoms in total. The Kier molecular flexibility index (Phi) is 5.42. The zero-order valence-electron chi connectivity index (χ0n) is 14.2. The van der Waals surface area contributed by atoms with Crippen LogP contribution in [0, 0.1) is 0 Å². The molecule has 132 valence electrons. The van der Waals surface area contributed by atoms with Crippen molar-refractivity contribution in [1.82, 2.24) is 15.1 Å². The van der Waals surface area contributed by atoms with Gasteiger partial charge in [-0.1, -0.05) is 12.1 Å². The molecule has 1 aromatic rings. The van der Waals surface area contributed by atoms with Gasteiger partial charge in [0, 0.05) is 19.6 Å². The summed E-state index contributed by atoms with van der Waals surface area (Å²) in [5.74, 6) is 1.42. The second-order valence-corrected chi connectivity index (χ2v) is 6.24. The first-order valence-corrected chi connectivity index (χ1v) is 8.28. The van der Waals surface area contributed by atoms with Crippen molar-refractivity contribution in [3.8, 4) is 11.5 Å². The van der Waals surface area contributed by atoms with Crippen molar-refractivity contribution in [3.05, 3.63) is 24.3 Å². The number of amides is 2. The molecule has 0 unspecified atom stereocenters. The van der Waals surface area contributed by atoms with E-state index in [-0.39, 0.29) is 18.2 Å². The molecule has 3 rings (SSSR count). The van der Waals surface area contributed by atoms with E-state index >= 15 is 0 Å². The lowest BCUT2D eigenvalue weighted by Crippen LogP contribution is -2.60. The van der Waals surface area contributed by atoms with Crippen LogP contribution in [0.2, 0.25) is 0 Å². The van der Waals surface area contributed by atoms with E-state index in [1.165, 1.54) is 0 Å². The van der Waals surface area contributed by atoms with Gasteiger partial charge in [-0.05, 0) is 19.2 Å². The normalized spacial score (nSPS) is 21.9. The Bertz CT molecular complexity index is 563. The first-order valence-electron chi connectivity index (χ1n) is 8.28. The summed E-state index contributed by atoms with van der Waals surface area (Å²) in [7, 11) is 3.68. The number of morpholine rings is 1. The minimum atomic E-state index is -0.0632. The van der Waals surface area contributed by atoms with E-state index in [1.54, 1.807) is 12.0 Å². The van der Waals surface area contributed by atoms with Crippen LogP contribution in [0.4, 0.5) is 4.79 Å². The number of nitrogens with zero attached hydrogens (tertiary/aromatic N) is 2. The molecule has 2 fully saturated rings. The number of likely N-dealkylation sites (N-methyl/N-ethyl adjacent to an activating group) is 1. The molecule has 0 radical (unpaired) electrons. The van der Waals surface area contributed by atoms with Gasteiger partial charge in [0.1, 0.15) is 6.10 Å². The summed E-state index contributed by atoms with van der Waals surface area (Å²) < 4.78 is 16.8. The maximum absolute atomic E-state index is 12.1. The van der Waals surface area contributed by atoms with Gasteiger partial charge in [0.2, 0.25) is 0 Å². The van der Waals surface area contributed by atoms with Crippen LogP contribution in [0.15, 0.2) is 24.3 Å². The average molecular weight is 335 g/mol. The molecule has 0 spiro atoms. The quantitative estimate of drug-likeness (QED) is 0.862. The number of benzene rings is 1. The third-order valence-electron chi connectivity index (χ3n) is 4.32. The van der Waals surface area contributed by atoms with Gasteiger partial charge in [-0.3, -0.25) is 0 Å². The van der Waals surface area contributed by atoms with E-state index in [4.69, 9.17) is 14.2 Å². The van der Waals surface area contributed by atoms with Crippen LogP contribution < -0.4 is 14.8 Å². The molecule has 1 N–H and O–H groups in total. The molecule has 2 aliphatic rings. The Morgan fingerprint density at radius 2 is 2.04 bits per heavy atom. The van der Waals surface area contributed by atoms with Crippen molar-refractivity contribution >= 4 is 6.03 Å². The van der Waals surface area contributed by atoms with E-state index in [2.05, 4.69) is 17.3 Å². The first kappa shape index (κ1) is 16.9. The summed E-state index contributed by atoms with van der Waals surface area (Å²) in [5.41, 5.74) is 0. The summed E-state index contributed by atoms with van der Waals surface area (Å²) in [6.07, 6.45) is 0.0683. The highest BCUT2D eigenvalue weighted by Gasteiger charge is 2.33. The Balaban J connectivity index is 1.39. The lowest BCUT2D eigenvalue weighted by atomic mass is 10.2.